The van der Waals surface area contributed by atoms with Gasteiger partial charge in [-0.05, 0) is 86.8 Å². The highest BCUT2D eigenvalue weighted by molar-refractivity contribution is 5.79. The number of benzene rings is 2. The molecule has 1 atom stereocenters. The van der Waals surface area contributed by atoms with Crippen LogP contribution in [0.2, 0.25) is 0 Å². The third kappa shape index (κ3) is 18.9. The van der Waals surface area contributed by atoms with E-state index in [-0.39, 0.29) is 24.5 Å². The van der Waals surface area contributed by atoms with E-state index in [2.05, 4.69) is 19.1 Å². The number of carbonyl (C=O) groups is 2. The maximum Gasteiger partial charge on any atom is 0.305 e. The summed E-state index contributed by atoms with van der Waals surface area (Å²) in [4.78, 5) is 24.4. The first-order valence-electron chi connectivity index (χ1n) is 16.6. The number of nitrogens with two attached hydrogens (primary N) is 2. The van der Waals surface area contributed by atoms with Crippen molar-refractivity contribution in [1.82, 2.24) is 0 Å². The smallest absolute Gasteiger partial charge is 0.305 e. The van der Waals surface area contributed by atoms with Crippen LogP contribution in [0.25, 0.3) is 0 Å². The second kappa shape index (κ2) is 23.3. The molecule has 0 spiro atoms. The molecule has 238 valence electrons. The van der Waals surface area contributed by atoms with Crippen LogP contribution in [0.1, 0.15) is 114 Å². The lowest BCUT2D eigenvalue weighted by molar-refractivity contribution is -0.143. The summed E-state index contributed by atoms with van der Waals surface area (Å²) in [6.45, 7) is 2.89. The van der Waals surface area contributed by atoms with E-state index in [1.807, 2.05) is 48.5 Å². The molecule has 0 fully saturated rings. The van der Waals surface area contributed by atoms with E-state index in [4.69, 9.17) is 20.9 Å². The standard InChI is InChI=1S/C37H56N2O4/c1-2-3-4-11-16-36(43-30-35(40)28-23-32-21-26-34(39)27-22-32)17-12-9-7-5-6-8-10-13-18-37(41)42-29-14-15-31-19-24-33(38)25-20-31/h9,12,19-22,24-27,36H,2-8,10-11,13-18,23,28-30,38-39H2,1H3/b12-9-/t36-/m1/s1. The van der Waals surface area contributed by atoms with Crippen LogP contribution in [-0.4, -0.2) is 31.1 Å². The van der Waals surface area contributed by atoms with Gasteiger partial charge in [-0.15, -0.1) is 0 Å². The number of rotatable bonds is 25. The molecule has 0 aliphatic carbocycles. The quantitative estimate of drug-likeness (QED) is 0.0518. The number of aryl methyl sites for hydroxylation is 2. The number of hydrogen-bond acceptors (Lipinski definition) is 6. The first-order valence-corrected chi connectivity index (χ1v) is 16.6. The minimum atomic E-state index is -0.0878. The molecule has 0 saturated heterocycles. The minimum Gasteiger partial charge on any atom is -0.466 e. The van der Waals surface area contributed by atoms with Crippen LogP contribution in [0.4, 0.5) is 11.4 Å². The Bertz CT molecular complexity index is 1030. The van der Waals surface area contributed by atoms with Crippen LogP contribution < -0.4 is 11.5 Å². The Morgan fingerprint density at radius 3 is 2.05 bits per heavy atom. The topological polar surface area (TPSA) is 105 Å². The van der Waals surface area contributed by atoms with Crippen LogP contribution >= 0.6 is 0 Å². The number of carbonyl (C=O) groups excluding carboxylic acids is 2. The fraction of sp³-hybridized carbons (Fsp3) is 0.568. The molecular weight excluding hydrogens is 536 g/mol. The molecular formula is C37H56N2O4. The van der Waals surface area contributed by atoms with Crippen molar-refractivity contribution < 1.29 is 19.1 Å². The molecule has 0 aliphatic rings. The number of Topliss-reactive ketones (excluding diaryl/α,β-unsaturated/α-hetero) is 1. The fourth-order valence-electron chi connectivity index (χ4n) is 4.97. The number of hydrogen-bond donors (Lipinski definition) is 2. The van der Waals surface area contributed by atoms with E-state index in [0.29, 0.717) is 19.4 Å². The summed E-state index contributed by atoms with van der Waals surface area (Å²) in [5, 5.41) is 0. The van der Waals surface area contributed by atoms with E-state index in [1.54, 1.807) is 0 Å². The van der Waals surface area contributed by atoms with Crippen LogP contribution in [0.5, 0.6) is 0 Å². The summed E-state index contributed by atoms with van der Waals surface area (Å²) in [6, 6.07) is 15.6. The van der Waals surface area contributed by atoms with Gasteiger partial charge in [0.2, 0.25) is 0 Å². The molecule has 0 aliphatic heterocycles. The average molecular weight is 593 g/mol. The molecule has 0 radical (unpaired) electrons. The van der Waals surface area contributed by atoms with E-state index in [9.17, 15) is 9.59 Å². The summed E-state index contributed by atoms with van der Waals surface area (Å²) in [6.07, 6.45) is 21.2. The molecule has 0 aromatic heterocycles. The predicted octanol–water partition coefficient (Wildman–Crippen LogP) is 8.56. The van der Waals surface area contributed by atoms with Crippen molar-refractivity contribution in [2.45, 2.75) is 122 Å². The zero-order chi connectivity index (χ0) is 31.0. The van der Waals surface area contributed by atoms with Crippen molar-refractivity contribution in [1.29, 1.82) is 0 Å². The maximum atomic E-state index is 12.4. The van der Waals surface area contributed by atoms with Gasteiger partial charge in [0.15, 0.2) is 5.78 Å². The van der Waals surface area contributed by atoms with Gasteiger partial charge in [0.05, 0.1) is 12.7 Å². The molecule has 4 N–H and O–H groups in total. The van der Waals surface area contributed by atoms with Gasteiger partial charge in [-0.1, -0.05) is 88.3 Å². The summed E-state index contributed by atoms with van der Waals surface area (Å²) >= 11 is 0. The molecule has 0 saturated carbocycles. The molecule has 43 heavy (non-hydrogen) atoms. The van der Waals surface area contributed by atoms with E-state index >= 15 is 0 Å². The predicted molar refractivity (Wildman–Crippen MR) is 179 cm³/mol. The molecule has 2 aromatic rings. The number of allylic oxidation sites excluding steroid dienone is 1. The van der Waals surface area contributed by atoms with Crippen LogP contribution in [0, 0.1) is 0 Å². The van der Waals surface area contributed by atoms with Gasteiger partial charge in [-0.3, -0.25) is 9.59 Å². The second-order valence-electron chi connectivity index (χ2n) is 11.6. The van der Waals surface area contributed by atoms with Crippen molar-refractivity contribution in [2.24, 2.45) is 0 Å². The SMILES string of the molecule is CCCCCC[C@H](C/C=C\CCCCCCCC(=O)OCCCc1ccc(N)cc1)OCC(=O)CCc1ccc(N)cc1. The Hall–Kier alpha value is -3.12. The van der Waals surface area contributed by atoms with Crippen molar-refractivity contribution in [3.8, 4) is 0 Å². The van der Waals surface area contributed by atoms with Gasteiger partial charge in [0.25, 0.3) is 0 Å². The number of unbranched alkanes of at least 4 members (excludes halogenated alkanes) is 8. The number of nitrogen functional groups attached to an aromatic ring is 2. The largest absolute Gasteiger partial charge is 0.466 e. The lowest BCUT2D eigenvalue weighted by atomic mass is 10.1. The lowest BCUT2D eigenvalue weighted by Crippen LogP contribution is -2.18. The summed E-state index contributed by atoms with van der Waals surface area (Å²) in [5.41, 5.74) is 15.3. The number of anilines is 2. The number of esters is 1. The van der Waals surface area contributed by atoms with Crippen molar-refractivity contribution >= 4 is 23.1 Å². The molecule has 6 nitrogen and oxygen atoms in total. The van der Waals surface area contributed by atoms with Crippen LogP contribution in [-0.2, 0) is 31.9 Å². The van der Waals surface area contributed by atoms with Crippen molar-refractivity contribution in [3.05, 3.63) is 71.8 Å². The minimum absolute atomic E-state index is 0.0878. The van der Waals surface area contributed by atoms with Gasteiger partial charge in [-0.2, -0.15) is 0 Å². The third-order valence-electron chi connectivity index (χ3n) is 7.70. The Morgan fingerprint density at radius 2 is 1.35 bits per heavy atom. The molecule has 0 unspecified atom stereocenters. The first kappa shape index (κ1) is 36.1. The Labute approximate surface area is 260 Å². The van der Waals surface area contributed by atoms with Crippen molar-refractivity contribution in [3.63, 3.8) is 0 Å². The first-order chi connectivity index (χ1) is 21.0. The zero-order valence-corrected chi connectivity index (χ0v) is 26.6. The molecule has 0 amide bonds. The Balaban J connectivity index is 1.50. The molecule has 6 heteroatoms. The normalized spacial score (nSPS) is 12.0. The Morgan fingerprint density at radius 1 is 0.721 bits per heavy atom. The van der Waals surface area contributed by atoms with E-state index in [0.717, 1.165) is 87.6 Å². The fourth-order valence-corrected chi connectivity index (χ4v) is 4.97. The van der Waals surface area contributed by atoms with Gasteiger partial charge >= 0.3 is 5.97 Å². The summed E-state index contributed by atoms with van der Waals surface area (Å²) in [5.74, 6) is 0.0669. The van der Waals surface area contributed by atoms with Gasteiger partial charge in [0.1, 0.15) is 6.61 Å². The molecule has 2 aromatic carbocycles. The van der Waals surface area contributed by atoms with Gasteiger partial charge < -0.3 is 20.9 Å². The summed E-state index contributed by atoms with van der Waals surface area (Å²) in [7, 11) is 0. The number of ether oxygens (including phenoxy) is 2. The second-order valence-corrected chi connectivity index (χ2v) is 11.6. The highest BCUT2D eigenvalue weighted by Gasteiger charge is 2.11. The lowest BCUT2D eigenvalue weighted by Gasteiger charge is -2.16. The van der Waals surface area contributed by atoms with Crippen LogP contribution in [0.15, 0.2) is 60.7 Å². The van der Waals surface area contributed by atoms with E-state index < -0.39 is 0 Å². The maximum absolute atomic E-state index is 12.4. The Kier molecular flexibility index (Phi) is 19.6. The molecule has 0 heterocycles. The molecule has 0 bridgehead atoms. The average Bonchev–Trinajstić information content (AvgIpc) is 3.01. The third-order valence-corrected chi connectivity index (χ3v) is 7.70. The van der Waals surface area contributed by atoms with Crippen LogP contribution in [0.3, 0.4) is 0 Å². The van der Waals surface area contributed by atoms with Gasteiger partial charge in [-0.25, -0.2) is 0 Å². The zero-order valence-electron chi connectivity index (χ0n) is 26.6. The highest BCUT2D eigenvalue weighted by Crippen LogP contribution is 2.15. The molecule has 2 rings (SSSR count). The van der Waals surface area contributed by atoms with Crippen molar-refractivity contribution in [2.75, 3.05) is 24.7 Å². The monoisotopic (exact) mass is 592 g/mol. The summed E-state index contributed by atoms with van der Waals surface area (Å²) < 4.78 is 11.4. The highest BCUT2D eigenvalue weighted by atomic mass is 16.5. The van der Waals surface area contributed by atoms with E-state index in [1.165, 1.54) is 31.2 Å². The van der Waals surface area contributed by atoms with Gasteiger partial charge in [0, 0.05) is 24.2 Å². The number of ketones is 1.